The van der Waals surface area contributed by atoms with E-state index in [-0.39, 0.29) is 6.04 Å². The minimum Gasteiger partial charge on any atom is -0.310 e. The predicted octanol–water partition coefficient (Wildman–Crippen LogP) is 2.97. The SMILES string of the molecule is CCCNC(C)c1cnc(-c2cscn2)nc1C. The molecule has 2 rings (SSSR count). The Morgan fingerprint density at radius 2 is 2.22 bits per heavy atom. The first kappa shape index (κ1) is 13.1. The van der Waals surface area contributed by atoms with Crippen LogP contribution in [-0.4, -0.2) is 21.5 Å². The molecule has 0 saturated carbocycles. The van der Waals surface area contributed by atoms with Crippen LogP contribution in [0.15, 0.2) is 17.1 Å². The van der Waals surface area contributed by atoms with E-state index in [0.717, 1.165) is 29.9 Å². The monoisotopic (exact) mass is 262 g/mol. The largest absolute Gasteiger partial charge is 0.310 e. The summed E-state index contributed by atoms with van der Waals surface area (Å²) in [5.41, 5.74) is 4.82. The Kier molecular flexibility index (Phi) is 4.38. The zero-order valence-corrected chi connectivity index (χ0v) is 11.8. The van der Waals surface area contributed by atoms with Gasteiger partial charge in [0.1, 0.15) is 5.69 Å². The molecular weight excluding hydrogens is 244 g/mol. The first-order valence-corrected chi connectivity index (χ1v) is 7.12. The van der Waals surface area contributed by atoms with Crippen LogP contribution >= 0.6 is 11.3 Å². The minimum atomic E-state index is 0.287. The average molecular weight is 262 g/mol. The Morgan fingerprint density at radius 3 is 2.83 bits per heavy atom. The fraction of sp³-hybridized carbons (Fsp3) is 0.462. The molecule has 0 aliphatic heterocycles. The van der Waals surface area contributed by atoms with Crippen molar-refractivity contribution in [3.05, 3.63) is 28.3 Å². The van der Waals surface area contributed by atoms with Gasteiger partial charge in [-0.1, -0.05) is 6.92 Å². The molecule has 0 amide bonds. The van der Waals surface area contributed by atoms with E-state index in [1.165, 1.54) is 0 Å². The molecule has 1 N–H and O–H groups in total. The standard InChI is InChI=1S/C13H18N4S/c1-4-5-14-9(2)11-6-15-13(17-10(11)3)12-7-18-8-16-12/h6-9,14H,4-5H2,1-3H3. The van der Waals surface area contributed by atoms with E-state index < -0.39 is 0 Å². The second-order valence-corrected chi connectivity index (χ2v) is 5.00. The van der Waals surface area contributed by atoms with Crippen LogP contribution in [0.5, 0.6) is 0 Å². The van der Waals surface area contributed by atoms with Crippen molar-refractivity contribution in [2.45, 2.75) is 33.2 Å². The molecule has 18 heavy (non-hydrogen) atoms. The summed E-state index contributed by atoms with van der Waals surface area (Å²) in [6, 6.07) is 0.287. The van der Waals surface area contributed by atoms with Crippen molar-refractivity contribution in [1.29, 1.82) is 0 Å². The number of nitrogens with one attached hydrogen (secondary N) is 1. The topological polar surface area (TPSA) is 50.7 Å². The molecular formula is C13H18N4S. The van der Waals surface area contributed by atoms with E-state index in [4.69, 9.17) is 0 Å². The van der Waals surface area contributed by atoms with Gasteiger partial charge in [0.25, 0.3) is 0 Å². The Morgan fingerprint density at radius 1 is 1.39 bits per heavy atom. The minimum absolute atomic E-state index is 0.287. The van der Waals surface area contributed by atoms with Crippen molar-refractivity contribution >= 4 is 11.3 Å². The summed E-state index contributed by atoms with van der Waals surface area (Å²) in [6.07, 6.45) is 3.03. The quantitative estimate of drug-likeness (QED) is 0.900. The molecule has 0 aliphatic carbocycles. The van der Waals surface area contributed by atoms with Crippen LogP contribution in [0.25, 0.3) is 11.5 Å². The molecule has 0 bridgehead atoms. The van der Waals surface area contributed by atoms with Crippen LogP contribution in [-0.2, 0) is 0 Å². The molecule has 1 atom stereocenters. The lowest BCUT2D eigenvalue weighted by Crippen LogP contribution is -2.20. The molecule has 5 heteroatoms. The summed E-state index contributed by atoms with van der Waals surface area (Å²) in [5, 5.41) is 5.42. The summed E-state index contributed by atoms with van der Waals surface area (Å²) in [6.45, 7) is 7.34. The number of rotatable bonds is 5. The van der Waals surface area contributed by atoms with Crippen molar-refractivity contribution in [2.75, 3.05) is 6.54 Å². The van der Waals surface area contributed by atoms with Crippen LogP contribution in [0.1, 0.15) is 37.6 Å². The van der Waals surface area contributed by atoms with E-state index >= 15 is 0 Å². The van der Waals surface area contributed by atoms with Gasteiger partial charge >= 0.3 is 0 Å². The molecule has 0 aliphatic rings. The van der Waals surface area contributed by atoms with Crippen LogP contribution in [0.2, 0.25) is 0 Å². The van der Waals surface area contributed by atoms with Crippen LogP contribution in [0.3, 0.4) is 0 Å². The fourth-order valence-corrected chi connectivity index (χ4v) is 2.35. The molecule has 2 aromatic heterocycles. The summed E-state index contributed by atoms with van der Waals surface area (Å²) in [5.74, 6) is 0.709. The zero-order valence-electron chi connectivity index (χ0n) is 11.0. The molecule has 2 heterocycles. The molecule has 96 valence electrons. The van der Waals surface area contributed by atoms with Gasteiger partial charge in [0.05, 0.1) is 5.51 Å². The smallest absolute Gasteiger partial charge is 0.179 e. The highest BCUT2D eigenvalue weighted by Crippen LogP contribution is 2.19. The molecule has 1 unspecified atom stereocenters. The highest BCUT2D eigenvalue weighted by atomic mass is 32.1. The van der Waals surface area contributed by atoms with Gasteiger partial charge in [-0.15, -0.1) is 11.3 Å². The third kappa shape index (κ3) is 2.91. The third-order valence-electron chi connectivity index (χ3n) is 2.85. The van der Waals surface area contributed by atoms with Gasteiger partial charge in [-0.05, 0) is 26.8 Å². The number of hydrogen-bond donors (Lipinski definition) is 1. The van der Waals surface area contributed by atoms with Crippen molar-refractivity contribution in [3.63, 3.8) is 0 Å². The van der Waals surface area contributed by atoms with Gasteiger partial charge in [-0.2, -0.15) is 0 Å². The van der Waals surface area contributed by atoms with Gasteiger partial charge in [0.2, 0.25) is 0 Å². The molecule has 0 saturated heterocycles. The summed E-state index contributed by atoms with van der Waals surface area (Å²) >= 11 is 1.56. The first-order chi connectivity index (χ1) is 8.72. The van der Waals surface area contributed by atoms with Gasteiger partial charge in [0, 0.05) is 28.9 Å². The van der Waals surface area contributed by atoms with Gasteiger partial charge in [0.15, 0.2) is 5.82 Å². The van der Waals surface area contributed by atoms with Gasteiger partial charge in [-0.25, -0.2) is 15.0 Å². The lowest BCUT2D eigenvalue weighted by molar-refractivity contribution is 0.564. The number of nitrogens with zero attached hydrogens (tertiary/aromatic N) is 3. The predicted molar refractivity (Wildman–Crippen MR) is 74.6 cm³/mol. The van der Waals surface area contributed by atoms with Gasteiger partial charge in [-0.3, -0.25) is 0 Å². The number of aromatic nitrogens is 3. The lowest BCUT2D eigenvalue weighted by atomic mass is 10.1. The Hall–Kier alpha value is -1.33. The number of aryl methyl sites for hydroxylation is 1. The molecule has 0 radical (unpaired) electrons. The molecule has 4 nitrogen and oxygen atoms in total. The molecule has 0 fully saturated rings. The Labute approximate surface area is 112 Å². The number of thiazole rings is 1. The van der Waals surface area contributed by atoms with Crippen molar-refractivity contribution in [3.8, 4) is 11.5 Å². The highest BCUT2D eigenvalue weighted by molar-refractivity contribution is 7.07. The molecule has 2 aromatic rings. The average Bonchev–Trinajstić information content (AvgIpc) is 2.89. The highest BCUT2D eigenvalue weighted by Gasteiger charge is 2.11. The van der Waals surface area contributed by atoms with E-state index in [9.17, 15) is 0 Å². The van der Waals surface area contributed by atoms with E-state index in [1.54, 1.807) is 16.8 Å². The normalized spacial score (nSPS) is 12.6. The Balaban J connectivity index is 2.20. The van der Waals surface area contributed by atoms with E-state index in [1.807, 2.05) is 18.5 Å². The maximum absolute atomic E-state index is 4.54. The van der Waals surface area contributed by atoms with Crippen molar-refractivity contribution in [2.24, 2.45) is 0 Å². The third-order valence-corrected chi connectivity index (χ3v) is 3.43. The second-order valence-electron chi connectivity index (χ2n) is 4.28. The zero-order chi connectivity index (χ0) is 13.0. The summed E-state index contributed by atoms with van der Waals surface area (Å²) < 4.78 is 0. The summed E-state index contributed by atoms with van der Waals surface area (Å²) in [4.78, 5) is 13.2. The maximum atomic E-state index is 4.54. The lowest BCUT2D eigenvalue weighted by Gasteiger charge is -2.15. The van der Waals surface area contributed by atoms with Gasteiger partial charge < -0.3 is 5.32 Å². The molecule has 0 aromatic carbocycles. The number of hydrogen-bond acceptors (Lipinski definition) is 5. The van der Waals surface area contributed by atoms with Crippen LogP contribution in [0.4, 0.5) is 0 Å². The molecule has 0 spiro atoms. The van der Waals surface area contributed by atoms with Crippen LogP contribution < -0.4 is 5.32 Å². The van der Waals surface area contributed by atoms with E-state index in [0.29, 0.717) is 5.82 Å². The van der Waals surface area contributed by atoms with E-state index in [2.05, 4.69) is 34.1 Å². The first-order valence-electron chi connectivity index (χ1n) is 6.17. The Bertz CT molecular complexity index is 496. The van der Waals surface area contributed by atoms with Crippen molar-refractivity contribution in [1.82, 2.24) is 20.3 Å². The van der Waals surface area contributed by atoms with Crippen molar-refractivity contribution < 1.29 is 0 Å². The fourth-order valence-electron chi connectivity index (χ4n) is 1.82. The second kappa shape index (κ2) is 6.02. The maximum Gasteiger partial charge on any atom is 0.179 e. The summed E-state index contributed by atoms with van der Waals surface area (Å²) in [7, 11) is 0. The van der Waals surface area contributed by atoms with Crippen LogP contribution in [0, 0.1) is 6.92 Å².